The maximum absolute atomic E-state index is 10.9. The summed E-state index contributed by atoms with van der Waals surface area (Å²) in [5.74, 6) is 0.0340. The van der Waals surface area contributed by atoms with Gasteiger partial charge in [0.2, 0.25) is 0 Å². The zero-order valence-corrected chi connectivity index (χ0v) is 10.5. The van der Waals surface area contributed by atoms with Gasteiger partial charge in [-0.05, 0) is 31.7 Å². The molecule has 1 fully saturated rings. The van der Waals surface area contributed by atoms with E-state index in [1.54, 1.807) is 12.1 Å². The van der Waals surface area contributed by atoms with Gasteiger partial charge >= 0.3 is 5.97 Å². The number of phenolic OH excluding ortho intramolecular Hbond substituents is 1. The first kappa shape index (κ1) is 12.9. The molecule has 1 aliphatic carbocycles. The molecule has 98 valence electrons. The highest BCUT2D eigenvalue weighted by Crippen LogP contribution is 2.34. The molecule has 0 aliphatic heterocycles. The summed E-state index contributed by atoms with van der Waals surface area (Å²) < 4.78 is 0. The average molecular weight is 249 g/mol. The summed E-state index contributed by atoms with van der Waals surface area (Å²) in [5, 5.41) is 18.8. The van der Waals surface area contributed by atoms with E-state index in [1.807, 2.05) is 24.0 Å². The number of phenols is 1. The molecule has 0 heterocycles. The van der Waals surface area contributed by atoms with Crippen molar-refractivity contribution < 1.29 is 15.0 Å². The number of carbonyl (C=O) groups is 1. The second kappa shape index (κ2) is 5.40. The molecular weight excluding hydrogens is 230 g/mol. The zero-order valence-electron chi connectivity index (χ0n) is 10.5. The molecule has 0 bridgehead atoms. The molecule has 1 aromatic rings. The van der Waals surface area contributed by atoms with Crippen molar-refractivity contribution in [2.75, 3.05) is 13.1 Å². The summed E-state index contributed by atoms with van der Waals surface area (Å²) in [6, 6.07) is 7.04. The quantitative estimate of drug-likeness (QED) is 0.811. The van der Waals surface area contributed by atoms with Crippen molar-refractivity contribution in [3.63, 3.8) is 0 Å². The van der Waals surface area contributed by atoms with E-state index in [0.29, 0.717) is 5.92 Å². The molecule has 1 saturated carbocycles. The van der Waals surface area contributed by atoms with Crippen LogP contribution in [0.2, 0.25) is 0 Å². The molecule has 1 aromatic carbocycles. The maximum Gasteiger partial charge on any atom is 0.317 e. The molecule has 0 radical (unpaired) electrons. The van der Waals surface area contributed by atoms with Crippen molar-refractivity contribution in [1.82, 2.24) is 4.90 Å². The smallest absolute Gasteiger partial charge is 0.317 e. The van der Waals surface area contributed by atoms with Crippen molar-refractivity contribution >= 4 is 5.97 Å². The number of carboxylic acid groups (broad SMARTS) is 1. The van der Waals surface area contributed by atoms with Gasteiger partial charge in [0.25, 0.3) is 0 Å². The number of rotatable bonds is 6. The predicted molar refractivity (Wildman–Crippen MR) is 68.5 cm³/mol. The van der Waals surface area contributed by atoms with E-state index in [-0.39, 0.29) is 18.3 Å². The summed E-state index contributed by atoms with van der Waals surface area (Å²) in [7, 11) is 0. The van der Waals surface area contributed by atoms with Gasteiger partial charge in [0.15, 0.2) is 0 Å². The SMILES string of the molecule is CC(c1ccccc1O)N(CC(=O)O)CC1CC1. The van der Waals surface area contributed by atoms with Crippen LogP contribution in [0.4, 0.5) is 0 Å². The zero-order chi connectivity index (χ0) is 13.1. The number of nitrogens with zero attached hydrogens (tertiary/aromatic N) is 1. The van der Waals surface area contributed by atoms with Crippen molar-refractivity contribution in [3.8, 4) is 5.75 Å². The Morgan fingerprint density at radius 3 is 2.67 bits per heavy atom. The number of hydrogen-bond acceptors (Lipinski definition) is 3. The summed E-state index contributed by atoms with van der Waals surface area (Å²) in [5.41, 5.74) is 0.791. The van der Waals surface area contributed by atoms with E-state index in [2.05, 4.69) is 0 Å². The minimum atomic E-state index is -0.821. The first-order valence-electron chi connectivity index (χ1n) is 6.31. The summed E-state index contributed by atoms with van der Waals surface area (Å²) in [4.78, 5) is 12.9. The lowest BCUT2D eigenvalue weighted by molar-refractivity contribution is -0.139. The van der Waals surface area contributed by atoms with Crippen LogP contribution >= 0.6 is 0 Å². The molecule has 0 saturated heterocycles. The minimum Gasteiger partial charge on any atom is -0.508 e. The number of benzene rings is 1. The molecule has 18 heavy (non-hydrogen) atoms. The molecule has 4 nitrogen and oxygen atoms in total. The monoisotopic (exact) mass is 249 g/mol. The average Bonchev–Trinajstić information content (AvgIpc) is 3.11. The molecule has 4 heteroatoms. The molecule has 0 spiro atoms. The third-order valence-corrected chi connectivity index (χ3v) is 3.46. The van der Waals surface area contributed by atoms with Gasteiger partial charge in [-0.25, -0.2) is 0 Å². The summed E-state index contributed by atoms with van der Waals surface area (Å²) in [6.07, 6.45) is 2.37. The van der Waals surface area contributed by atoms with E-state index >= 15 is 0 Å². The Morgan fingerprint density at radius 1 is 1.44 bits per heavy atom. The fraction of sp³-hybridized carbons (Fsp3) is 0.500. The highest BCUT2D eigenvalue weighted by atomic mass is 16.4. The number of aliphatic carboxylic acids is 1. The van der Waals surface area contributed by atoms with Crippen molar-refractivity contribution in [2.24, 2.45) is 5.92 Å². The fourth-order valence-corrected chi connectivity index (χ4v) is 2.20. The maximum atomic E-state index is 10.9. The molecule has 0 aromatic heterocycles. The number of para-hydroxylation sites is 1. The summed E-state index contributed by atoms with van der Waals surface area (Å²) >= 11 is 0. The van der Waals surface area contributed by atoms with Gasteiger partial charge in [-0.3, -0.25) is 9.69 Å². The van der Waals surface area contributed by atoms with Crippen molar-refractivity contribution in [2.45, 2.75) is 25.8 Å². The predicted octanol–water partition coefficient (Wildman–Crippen LogP) is 2.25. The molecule has 2 rings (SSSR count). The van der Waals surface area contributed by atoms with Gasteiger partial charge in [-0.1, -0.05) is 18.2 Å². The Kier molecular flexibility index (Phi) is 3.87. The molecule has 1 unspecified atom stereocenters. The molecule has 0 amide bonds. The van der Waals surface area contributed by atoms with E-state index in [4.69, 9.17) is 5.11 Å². The Morgan fingerprint density at radius 2 is 2.11 bits per heavy atom. The fourth-order valence-electron chi connectivity index (χ4n) is 2.20. The second-order valence-electron chi connectivity index (χ2n) is 5.00. The minimum absolute atomic E-state index is 0.0198. The Hall–Kier alpha value is -1.55. The van der Waals surface area contributed by atoms with Gasteiger partial charge < -0.3 is 10.2 Å². The standard InChI is InChI=1S/C14H19NO3/c1-10(12-4-2-3-5-13(12)16)15(9-14(17)18)8-11-6-7-11/h2-5,10-11,16H,6-9H2,1H3,(H,17,18). The third-order valence-electron chi connectivity index (χ3n) is 3.46. The molecule has 1 aliphatic rings. The van der Waals surface area contributed by atoms with Crippen LogP contribution in [-0.2, 0) is 4.79 Å². The van der Waals surface area contributed by atoms with E-state index in [1.165, 1.54) is 12.8 Å². The van der Waals surface area contributed by atoms with Gasteiger partial charge in [0.05, 0.1) is 6.54 Å². The van der Waals surface area contributed by atoms with Gasteiger partial charge in [-0.15, -0.1) is 0 Å². The van der Waals surface area contributed by atoms with E-state index in [9.17, 15) is 9.90 Å². The largest absolute Gasteiger partial charge is 0.508 e. The first-order valence-corrected chi connectivity index (χ1v) is 6.31. The van der Waals surface area contributed by atoms with Gasteiger partial charge in [0.1, 0.15) is 5.75 Å². The van der Waals surface area contributed by atoms with Crippen LogP contribution in [0, 0.1) is 5.92 Å². The molecule has 2 N–H and O–H groups in total. The van der Waals surface area contributed by atoms with Crippen LogP contribution in [0.5, 0.6) is 5.75 Å². The van der Waals surface area contributed by atoms with Crippen LogP contribution in [0.3, 0.4) is 0 Å². The van der Waals surface area contributed by atoms with Gasteiger partial charge in [0, 0.05) is 18.2 Å². The number of hydrogen-bond donors (Lipinski definition) is 2. The Bertz CT molecular complexity index is 429. The van der Waals surface area contributed by atoms with Crippen LogP contribution in [0.1, 0.15) is 31.4 Å². The molecule has 1 atom stereocenters. The van der Waals surface area contributed by atoms with E-state index < -0.39 is 5.97 Å². The van der Waals surface area contributed by atoms with Crippen molar-refractivity contribution in [3.05, 3.63) is 29.8 Å². The highest BCUT2D eigenvalue weighted by molar-refractivity contribution is 5.69. The lowest BCUT2D eigenvalue weighted by atomic mass is 10.1. The number of aromatic hydroxyl groups is 1. The Balaban J connectivity index is 2.13. The third kappa shape index (κ3) is 3.23. The van der Waals surface area contributed by atoms with E-state index in [0.717, 1.165) is 12.1 Å². The van der Waals surface area contributed by atoms with Crippen LogP contribution in [0.25, 0.3) is 0 Å². The summed E-state index contributed by atoms with van der Waals surface area (Å²) in [6.45, 7) is 2.76. The Labute approximate surface area is 107 Å². The lowest BCUT2D eigenvalue weighted by Crippen LogP contribution is -2.34. The normalized spacial score (nSPS) is 16.8. The lowest BCUT2D eigenvalue weighted by Gasteiger charge is -2.28. The topological polar surface area (TPSA) is 60.8 Å². The highest BCUT2D eigenvalue weighted by Gasteiger charge is 2.28. The molecular formula is C14H19NO3. The van der Waals surface area contributed by atoms with Crippen LogP contribution in [-0.4, -0.2) is 34.2 Å². The van der Waals surface area contributed by atoms with Crippen molar-refractivity contribution in [1.29, 1.82) is 0 Å². The van der Waals surface area contributed by atoms with Crippen LogP contribution in [0.15, 0.2) is 24.3 Å². The van der Waals surface area contributed by atoms with Gasteiger partial charge in [-0.2, -0.15) is 0 Å². The van der Waals surface area contributed by atoms with Crippen LogP contribution < -0.4 is 0 Å². The first-order chi connectivity index (χ1) is 8.58. The number of carboxylic acids is 1. The second-order valence-corrected chi connectivity index (χ2v) is 5.00.